The Kier molecular flexibility index (Phi) is 6.03. The molecule has 5 nitrogen and oxygen atoms in total. The van der Waals surface area contributed by atoms with Crippen LogP contribution in [-0.2, 0) is 16.0 Å². The minimum Gasteiger partial charge on any atom is -0.496 e. The van der Waals surface area contributed by atoms with Gasteiger partial charge in [-0.1, -0.05) is 25.1 Å². The Morgan fingerprint density at radius 3 is 2.60 bits per heavy atom. The Hall–Kier alpha value is -2.04. The number of likely N-dealkylation sites (N-methyl/N-ethyl adjacent to an activating group) is 1. The molecule has 5 heteroatoms. The summed E-state index contributed by atoms with van der Waals surface area (Å²) in [5.74, 6) is -0.228. The maximum atomic E-state index is 11.9. The number of nitrogens with zero attached hydrogens (tertiary/aromatic N) is 1. The Labute approximate surface area is 119 Å². The molecule has 0 radical (unpaired) electrons. The highest BCUT2D eigenvalue weighted by molar-refractivity contribution is 5.81. The van der Waals surface area contributed by atoms with Crippen molar-refractivity contribution in [2.45, 2.75) is 19.8 Å². The van der Waals surface area contributed by atoms with Gasteiger partial charge in [0.2, 0.25) is 5.91 Å². The van der Waals surface area contributed by atoms with Gasteiger partial charge >= 0.3 is 5.97 Å². The van der Waals surface area contributed by atoms with Gasteiger partial charge in [0, 0.05) is 13.5 Å². The largest absolute Gasteiger partial charge is 0.496 e. The fourth-order valence-corrected chi connectivity index (χ4v) is 2.06. The fraction of sp³-hybridized carbons (Fsp3) is 0.467. The zero-order valence-electron chi connectivity index (χ0n) is 12.1. The first-order chi connectivity index (χ1) is 9.43. The third-order valence-corrected chi connectivity index (χ3v) is 3.08. The molecule has 20 heavy (non-hydrogen) atoms. The second-order valence-corrected chi connectivity index (χ2v) is 4.97. The number of hydrogen-bond donors (Lipinski definition) is 1. The van der Waals surface area contributed by atoms with Crippen molar-refractivity contribution in [3.05, 3.63) is 29.8 Å². The normalized spacial score (nSPS) is 11.8. The van der Waals surface area contributed by atoms with Crippen molar-refractivity contribution in [3.63, 3.8) is 0 Å². The van der Waals surface area contributed by atoms with E-state index in [1.54, 1.807) is 7.11 Å². The summed E-state index contributed by atoms with van der Waals surface area (Å²) in [7, 11) is 3.13. The van der Waals surface area contributed by atoms with Gasteiger partial charge in [-0.25, -0.2) is 0 Å². The van der Waals surface area contributed by atoms with Crippen molar-refractivity contribution >= 4 is 11.9 Å². The van der Waals surface area contributed by atoms with Crippen LogP contribution in [0.1, 0.15) is 18.9 Å². The molecule has 1 amide bonds. The summed E-state index contributed by atoms with van der Waals surface area (Å²) in [6.45, 7) is 1.71. The third-order valence-electron chi connectivity index (χ3n) is 3.08. The number of hydrogen-bond acceptors (Lipinski definition) is 3. The van der Waals surface area contributed by atoms with E-state index in [0.717, 1.165) is 17.7 Å². The van der Waals surface area contributed by atoms with Gasteiger partial charge in [0.25, 0.3) is 0 Å². The standard InChI is InChI=1S/C15H21NO4/c1-11(9-14(17)16(2)10-15(18)19)8-12-6-4-5-7-13(12)20-3/h4-7,11H,8-10H2,1-3H3,(H,18,19). The van der Waals surface area contributed by atoms with Gasteiger partial charge < -0.3 is 14.7 Å². The van der Waals surface area contributed by atoms with E-state index in [0.29, 0.717) is 6.42 Å². The molecule has 1 unspecified atom stereocenters. The van der Waals surface area contributed by atoms with Gasteiger partial charge in [0.1, 0.15) is 12.3 Å². The van der Waals surface area contributed by atoms with Crippen LogP contribution >= 0.6 is 0 Å². The highest BCUT2D eigenvalue weighted by Gasteiger charge is 2.16. The van der Waals surface area contributed by atoms with Crippen LogP contribution in [0, 0.1) is 5.92 Å². The number of carbonyl (C=O) groups is 2. The predicted molar refractivity (Wildman–Crippen MR) is 75.8 cm³/mol. The molecule has 1 N–H and O–H groups in total. The number of benzene rings is 1. The molecule has 0 spiro atoms. The Morgan fingerprint density at radius 1 is 1.35 bits per heavy atom. The number of carboxylic acids is 1. The molecule has 0 fully saturated rings. The molecule has 1 atom stereocenters. The number of carbonyl (C=O) groups excluding carboxylic acids is 1. The van der Waals surface area contributed by atoms with Crippen molar-refractivity contribution in [1.82, 2.24) is 4.90 Å². The van der Waals surface area contributed by atoms with Crippen molar-refractivity contribution in [1.29, 1.82) is 0 Å². The molecule has 0 saturated heterocycles. The van der Waals surface area contributed by atoms with Crippen LogP contribution in [0.15, 0.2) is 24.3 Å². The maximum absolute atomic E-state index is 11.9. The van der Waals surface area contributed by atoms with Crippen LogP contribution in [0.2, 0.25) is 0 Å². The molecule has 0 heterocycles. The lowest BCUT2D eigenvalue weighted by molar-refractivity contribution is -0.143. The number of ether oxygens (including phenoxy) is 1. The summed E-state index contributed by atoms with van der Waals surface area (Å²) >= 11 is 0. The van der Waals surface area contributed by atoms with Crippen LogP contribution < -0.4 is 4.74 Å². The second kappa shape index (κ2) is 7.53. The minimum atomic E-state index is -1.00. The first kappa shape index (κ1) is 16.0. The second-order valence-electron chi connectivity index (χ2n) is 4.97. The van der Waals surface area contributed by atoms with Gasteiger partial charge in [-0.15, -0.1) is 0 Å². The molecule has 0 bridgehead atoms. The highest BCUT2D eigenvalue weighted by atomic mass is 16.5. The average molecular weight is 279 g/mol. The zero-order valence-corrected chi connectivity index (χ0v) is 12.1. The van der Waals surface area contributed by atoms with Gasteiger partial charge in [0.15, 0.2) is 0 Å². The van der Waals surface area contributed by atoms with Crippen molar-refractivity contribution in [2.24, 2.45) is 5.92 Å². The summed E-state index contributed by atoms with van der Waals surface area (Å²) in [5, 5.41) is 8.66. The molecule has 0 aliphatic rings. The quantitative estimate of drug-likeness (QED) is 0.826. The first-order valence-electron chi connectivity index (χ1n) is 6.51. The summed E-state index contributed by atoms with van der Waals surface area (Å²) in [5.41, 5.74) is 1.05. The number of aliphatic carboxylic acids is 1. The smallest absolute Gasteiger partial charge is 0.323 e. The molecule has 110 valence electrons. The lowest BCUT2D eigenvalue weighted by atomic mass is 9.97. The number of rotatable bonds is 7. The molecule has 0 aromatic heterocycles. The van der Waals surface area contributed by atoms with E-state index < -0.39 is 5.97 Å². The van der Waals surface area contributed by atoms with E-state index in [1.165, 1.54) is 11.9 Å². The van der Waals surface area contributed by atoms with E-state index in [4.69, 9.17) is 9.84 Å². The first-order valence-corrected chi connectivity index (χ1v) is 6.51. The molecule has 0 aliphatic carbocycles. The van der Waals surface area contributed by atoms with Gasteiger partial charge in [0.05, 0.1) is 7.11 Å². The monoisotopic (exact) mass is 279 g/mol. The van der Waals surface area contributed by atoms with E-state index in [9.17, 15) is 9.59 Å². The predicted octanol–water partition coefficient (Wildman–Crippen LogP) is 1.81. The lowest BCUT2D eigenvalue weighted by Crippen LogP contribution is -2.33. The summed E-state index contributed by atoms with van der Waals surface area (Å²) < 4.78 is 5.28. The molecule has 0 aliphatic heterocycles. The van der Waals surface area contributed by atoms with E-state index in [2.05, 4.69) is 0 Å². The summed E-state index contributed by atoms with van der Waals surface area (Å²) in [4.78, 5) is 23.7. The van der Waals surface area contributed by atoms with E-state index in [1.807, 2.05) is 31.2 Å². The molecule has 1 aromatic carbocycles. The van der Waals surface area contributed by atoms with E-state index >= 15 is 0 Å². The van der Waals surface area contributed by atoms with Gasteiger partial charge in [-0.05, 0) is 24.0 Å². The van der Waals surface area contributed by atoms with E-state index in [-0.39, 0.29) is 18.4 Å². The van der Waals surface area contributed by atoms with Crippen LogP contribution in [0.3, 0.4) is 0 Å². The Morgan fingerprint density at radius 2 is 2.00 bits per heavy atom. The lowest BCUT2D eigenvalue weighted by Gasteiger charge is -2.18. The molecule has 1 aromatic rings. The van der Waals surface area contributed by atoms with Crippen molar-refractivity contribution in [2.75, 3.05) is 20.7 Å². The highest BCUT2D eigenvalue weighted by Crippen LogP contribution is 2.22. The van der Waals surface area contributed by atoms with Crippen molar-refractivity contribution < 1.29 is 19.4 Å². The molecule has 1 rings (SSSR count). The fourth-order valence-electron chi connectivity index (χ4n) is 2.06. The van der Waals surface area contributed by atoms with Crippen LogP contribution in [-0.4, -0.2) is 42.6 Å². The SMILES string of the molecule is COc1ccccc1CC(C)CC(=O)N(C)CC(=O)O. The average Bonchev–Trinajstić information content (AvgIpc) is 2.38. The van der Waals surface area contributed by atoms with Crippen molar-refractivity contribution in [3.8, 4) is 5.75 Å². The van der Waals surface area contributed by atoms with Crippen LogP contribution in [0.4, 0.5) is 0 Å². The Balaban J connectivity index is 2.57. The topological polar surface area (TPSA) is 66.8 Å². The molecular weight excluding hydrogens is 258 g/mol. The summed E-state index contributed by atoms with van der Waals surface area (Å²) in [6, 6.07) is 7.70. The van der Waals surface area contributed by atoms with Crippen LogP contribution in [0.25, 0.3) is 0 Å². The number of carboxylic acid groups (broad SMARTS) is 1. The maximum Gasteiger partial charge on any atom is 0.323 e. The number of amides is 1. The zero-order chi connectivity index (χ0) is 15.1. The van der Waals surface area contributed by atoms with Gasteiger partial charge in [-0.2, -0.15) is 0 Å². The molecule has 0 saturated carbocycles. The summed E-state index contributed by atoms with van der Waals surface area (Å²) in [6.07, 6.45) is 1.04. The van der Waals surface area contributed by atoms with Gasteiger partial charge in [-0.3, -0.25) is 9.59 Å². The number of para-hydroxylation sites is 1. The van der Waals surface area contributed by atoms with Crippen LogP contribution in [0.5, 0.6) is 5.75 Å². The molecular formula is C15H21NO4. The third kappa shape index (κ3) is 4.91. The number of methoxy groups -OCH3 is 1. The Bertz CT molecular complexity index is 473. The minimum absolute atomic E-state index is 0.120.